The van der Waals surface area contributed by atoms with E-state index in [1.165, 1.54) is 11.1 Å². The maximum absolute atomic E-state index is 11.1. The fourth-order valence-electron chi connectivity index (χ4n) is 2.33. The van der Waals surface area contributed by atoms with E-state index < -0.39 is 22.7 Å². The van der Waals surface area contributed by atoms with Crippen molar-refractivity contribution in [2.24, 2.45) is 0 Å². The molecular weight excluding hydrogens is 351 g/mol. The third-order valence-electron chi connectivity index (χ3n) is 3.80. The van der Waals surface area contributed by atoms with E-state index in [1.807, 2.05) is 19.9 Å². The predicted octanol–water partition coefficient (Wildman–Crippen LogP) is 3.44. The molecule has 0 radical (unpaired) electrons. The van der Waals surface area contributed by atoms with Crippen molar-refractivity contribution < 1.29 is 27.3 Å². The molecule has 24 heavy (non-hydrogen) atoms. The van der Waals surface area contributed by atoms with Crippen LogP contribution >= 0.6 is 7.60 Å². The van der Waals surface area contributed by atoms with E-state index in [1.54, 1.807) is 0 Å². The van der Waals surface area contributed by atoms with Crippen LogP contribution in [-0.2, 0) is 21.1 Å². The molecule has 1 aromatic carbocycles. The molecule has 1 rings (SSSR count). The molecule has 0 heterocycles. The van der Waals surface area contributed by atoms with Gasteiger partial charge in [0.05, 0.1) is 0 Å². The predicted molar refractivity (Wildman–Crippen MR) is 94.5 cm³/mol. The van der Waals surface area contributed by atoms with Crippen molar-refractivity contribution in [2.45, 2.75) is 50.9 Å². The number of allylic oxidation sites excluding steroid dienone is 2. The van der Waals surface area contributed by atoms with E-state index in [-0.39, 0.29) is 12.8 Å². The van der Waals surface area contributed by atoms with E-state index in [9.17, 15) is 13.0 Å². The van der Waals surface area contributed by atoms with Crippen molar-refractivity contribution in [2.75, 3.05) is 0 Å². The third-order valence-corrected chi connectivity index (χ3v) is 7.35. The summed E-state index contributed by atoms with van der Waals surface area (Å²) in [7, 11) is -9.63. The Morgan fingerprint density at radius 1 is 1.25 bits per heavy atom. The molecule has 1 aromatic rings. The maximum Gasteiger partial charge on any atom is 0.346 e. The lowest BCUT2D eigenvalue weighted by Gasteiger charge is -2.14. The van der Waals surface area contributed by atoms with Crippen molar-refractivity contribution in [1.29, 1.82) is 0 Å². The van der Waals surface area contributed by atoms with Gasteiger partial charge in [0.25, 0.3) is 10.1 Å². The maximum atomic E-state index is 11.1. The van der Waals surface area contributed by atoms with Gasteiger partial charge in [0, 0.05) is 0 Å². The van der Waals surface area contributed by atoms with Crippen LogP contribution in [0.25, 0.3) is 0 Å². The van der Waals surface area contributed by atoms with E-state index in [2.05, 4.69) is 24.3 Å². The molecule has 0 spiro atoms. The molecular formula is C16H25O6PS. The average Bonchev–Trinajstić information content (AvgIpc) is 2.43. The van der Waals surface area contributed by atoms with Gasteiger partial charge in [0.15, 0.2) is 4.99 Å². The van der Waals surface area contributed by atoms with Crippen LogP contribution in [0, 0.1) is 6.92 Å². The second-order valence-electron chi connectivity index (χ2n) is 6.03. The number of aryl methyl sites for hydroxylation is 2. The van der Waals surface area contributed by atoms with Gasteiger partial charge >= 0.3 is 7.60 Å². The molecule has 0 bridgehead atoms. The molecule has 0 fully saturated rings. The fraction of sp³-hybridized carbons (Fsp3) is 0.500. The van der Waals surface area contributed by atoms with E-state index >= 15 is 0 Å². The van der Waals surface area contributed by atoms with E-state index in [0.717, 1.165) is 18.4 Å². The number of rotatable bonds is 9. The zero-order valence-electron chi connectivity index (χ0n) is 13.9. The van der Waals surface area contributed by atoms with Crippen LogP contribution in [0.4, 0.5) is 0 Å². The lowest BCUT2D eigenvalue weighted by Crippen LogP contribution is -2.20. The summed E-state index contributed by atoms with van der Waals surface area (Å²) in [6.45, 7) is 4.00. The molecule has 0 aliphatic heterocycles. The highest BCUT2D eigenvalue weighted by Gasteiger charge is 2.38. The van der Waals surface area contributed by atoms with E-state index in [0.29, 0.717) is 6.42 Å². The lowest BCUT2D eigenvalue weighted by atomic mass is 10.0. The van der Waals surface area contributed by atoms with Gasteiger partial charge in [-0.25, -0.2) is 0 Å². The Bertz CT molecular complexity index is 703. The van der Waals surface area contributed by atoms with Gasteiger partial charge in [-0.2, -0.15) is 8.42 Å². The molecule has 1 atom stereocenters. The van der Waals surface area contributed by atoms with Gasteiger partial charge in [-0.05, 0) is 51.5 Å². The zero-order valence-corrected chi connectivity index (χ0v) is 15.6. The monoisotopic (exact) mass is 376 g/mol. The second kappa shape index (κ2) is 8.92. The van der Waals surface area contributed by atoms with Gasteiger partial charge in [0.1, 0.15) is 0 Å². The summed E-state index contributed by atoms with van der Waals surface area (Å²) in [5, 5.41) is 0. The fourth-order valence-corrected chi connectivity index (χ4v) is 4.70. The van der Waals surface area contributed by atoms with Crippen LogP contribution in [0.2, 0.25) is 0 Å². The van der Waals surface area contributed by atoms with Gasteiger partial charge in [0.2, 0.25) is 0 Å². The molecule has 0 aliphatic rings. The highest BCUT2D eigenvalue weighted by Crippen LogP contribution is 2.46. The number of benzene rings is 1. The Labute approximate surface area is 143 Å². The normalized spacial score (nSPS) is 14.6. The number of unbranched alkanes of at least 4 members (excludes halogenated alkanes) is 1. The van der Waals surface area contributed by atoms with Crippen molar-refractivity contribution >= 4 is 17.7 Å². The minimum absolute atomic E-state index is 0.273. The number of hydrogen-bond donors (Lipinski definition) is 3. The molecule has 136 valence electrons. The van der Waals surface area contributed by atoms with Crippen LogP contribution in [0.1, 0.15) is 43.7 Å². The van der Waals surface area contributed by atoms with Gasteiger partial charge in [-0.15, -0.1) is 0 Å². The standard InChI is InChI=1S/C16H25O6PS/c1-13(7-10-15-11-8-14(2)9-12-15)5-3-4-6-16(23(17,18)19)24(20,21)22/h5,8-9,11-12,16H,3-4,6-7,10H2,1-2H3,(H2,17,18,19)(H,20,21,22)/b13-5+. The van der Waals surface area contributed by atoms with Crippen LogP contribution < -0.4 is 0 Å². The van der Waals surface area contributed by atoms with Crippen LogP contribution in [0.5, 0.6) is 0 Å². The van der Waals surface area contributed by atoms with Gasteiger partial charge < -0.3 is 9.79 Å². The SMILES string of the molecule is C/C(=C\CCCC(P(=O)(O)O)S(=O)(=O)O)CCc1ccc(C)cc1. The second-order valence-corrected chi connectivity index (χ2v) is 9.78. The lowest BCUT2D eigenvalue weighted by molar-refractivity contribution is 0.360. The summed E-state index contributed by atoms with van der Waals surface area (Å²) in [5.41, 5.74) is 3.58. The highest BCUT2D eigenvalue weighted by atomic mass is 32.2. The summed E-state index contributed by atoms with van der Waals surface area (Å²) in [5.74, 6) is 0. The first kappa shape index (κ1) is 21.1. The Balaban J connectivity index is 2.45. The largest absolute Gasteiger partial charge is 0.346 e. The molecule has 0 aromatic heterocycles. The minimum atomic E-state index is -4.88. The molecule has 3 N–H and O–H groups in total. The summed E-state index contributed by atoms with van der Waals surface area (Å²) in [4.78, 5) is 16.0. The first-order chi connectivity index (χ1) is 11.0. The van der Waals surface area contributed by atoms with Crippen molar-refractivity contribution in [3.05, 3.63) is 47.0 Å². The molecule has 0 saturated carbocycles. The Hall–Kier alpha value is -0.980. The average molecular weight is 376 g/mol. The van der Waals surface area contributed by atoms with Crippen molar-refractivity contribution in [3.63, 3.8) is 0 Å². The first-order valence-corrected chi connectivity index (χ1v) is 10.9. The third kappa shape index (κ3) is 7.73. The van der Waals surface area contributed by atoms with Crippen molar-refractivity contribution in [3.8, 4) is 0 Å². The van der Waals surface area contributed by atoms with Crippen molar-refractivity contribution in [1.82, 2.24) is 0 Å². The zero-order chi connectivity index (χ0) is 18.4. The summed E-state index contributed by atoms with van der Waals surface area (Å²) in [6.07, 6.45) is 4.21. The topological polar surface area (TPSA) is 112 Å². The highest BCUT2D eigenvalue weighted by molar-refractivity contribution is 7.93. The van der Waals surface area contributed by atoms with Crippen LogP contribution in [0.15, 0.2) is 35.9 Å². The molecule has 1 unspecified atom stereocenters. The van der Waals surface area contributed by atoms with E-state index in [4.69, 9.17) is 14.3 Å². The molecule has 0 amide bonds. The summed E-state index contributed by atoms with van der Waals surface area (Å²) >= 11 is 0. The van der Waals surface area contributed by atoms with Gasteiger partial charge in [-0.1, -0.05) is 41.5 Å². The Morgan fingerprint density at radius 3 is 2.33 bits per heavy atom. The minimum Gasteiger partial charge on any atom is -0.323 e. The Kier molecular flexibility index (Phi) is 7.83. The first-order valence-electron chi connectivity index (χ1n) is 7.73. The molecule has 0 saturated heterocycles. The van der Waals surface area contributed by atoms with Crippen LogP contribution in [0.3, 0.4) is 0 Å². The molecule has 0 aliphatic carbocycles. The Morgan fingerprint density at radius 2 is 1.83 bits per heavy atom. The molecule has 6 nitrogen and oxygen atoms in total. The van der Waals surface area contributed by atoms with Crippen LogP contribution in [-0.4, -0.2) is 27.7 Å². The van der Waals surface area contributed by atoms with Gasteiger partial charge in [-0.3, -0.25) is 9.12 Å². The summed E-state index contributed by atoms with van der Waals surface area (Å²) < 4.78 is 42.1. The number of hydrogen-bond acceptors (Lipinski definition) is 3. The summed E-state index contributed by atoms with van der Waals surface area (Å²) in [6, 6.07) is 8.29. The smallest absolute Gasteiger partial charge is 0.323 e. The quantitative estimate of drug-likeness (QED) is 0.263. The molecule has 8 heteroatoms.